The monoisotopic (exact) mass is 852 g/mol. The zero-order valence-electron chi connectivity index (χ0n) is 40.0. The molecular weight excluding hydrogens is 755 g/mol. The van der Waals surface area contributed by atoms with E-state index in [0.717, 1.165) is 109 Å². The van der Waals surface area contributed by atoms with Crippen molar-refractivity contribution in [3.63, 3.8) is 0 Å². The Balaban J connectivity index is 4.59. The Morgan fingerprint density at radius 2 is 0.967 bits per heavy atom. The van der Waals surface area contributed by atoms with Gasteiger partial charge in [0.15, 0.2) is 0 Å². The van der Waals surface area contributed by atoms with E-state index in [1.165, 1.54) is 83.5 Å². The zero-order valence-corrected chi connectivity index (χ0v) is 40.0. The Labute approximate surface area is 377 Å². The number of esters is 1. The van der Waals surface area contributed by atoms with Crippen molar-refractivity contribution in [3.05, 3.63) is 72.9 Å². The van der Waals surface area contributed by atoms with Gasteiger partial charge >= 0.3 is 5.97 Å². The van der Waals surface area contributed by atoms with Crippen LogP contribution in [0.15, 0.2) is 72.9 Å². The topological polar surface area (TPSA) is 95.9 Å². The molecule has 0 spiro atoms. The Morgan fingerprint density at radius 3 is 1.52 bits per heavy atom. The molecule has 0 aromatic heterocycles. The highest BCUT2D eigenvalue weighted by atomic mass is 16.5. The summed E-state index contributed by atoms with van der Waals surface area (Å²) in [6.45, 7) is 6.23. The molecule has 0 aromatic rings. The highest BCUT2D eigenvalue weighted by molar-refractivity contribution is 5.77. The van der Waals surface area contributed by atoms with Crippen LogP contribution in [0.1, 0.15) is 239 Å². The summed E-state index contributed by atoms with van der Waals surface area (Å²) in [7, 11) is 0. The summed E-state index contributed by atoms with van der Waals surface area (Å²) in [5, 5.41) is 23.8. The van der Waals surface area contributed by atoms with Gasteiger partial charge < -0.3 is 20.3 Å². The predicted molar refractivity (Wildman–Crippen MR) is 264 cm³/mol. The van der Waals surface area contributed by atoms with Crippen molar-refractivity contribution in [2.24, 2.45) is 0 Å². The minimum Gasteiger partial charge on any atom is -0.462 e. The average molecular weight is 852 g/mol. The first kappa shape index (κ1) is 58.3. The number of allylic oxidation sites excluding steroid dienone is 12. The van der Waals surface area contributed by atoms with Crippen molar-refractivity contribution in [3.8, 4) is 0 Å². The molecule has 352 valence electrons. The molecule has 61 heavy (non-hydrogen) atoms. The maximum Gasteiger partial charge on any atom is 0.306 e. The molecule has 0 heterocycles. The van der Waals surface area contributed by atoms with Crippen molar-refractivity contribution in [2.45, 2.75) is 257 Å². The Kier molecular flexibility index (Phi) is 46.2. The largest absolute Gasteiger partial charge is 0.462 e. The molecule has 0 aliphatic rings. The molecule has 0 saturated carbocycles. The molecule has 0 saturated heterocycles. The molecule has 6 heteroatoms. The van der Waals surface area contributed by atoms with E-state index in [1.54, 1.807) is 0 Å². The van der Waals surface area contributed by atoms with Crippen LogP contribution < -0.4 is 5.32 Å². The van der Waals surface area contributed by atoms with Gasteiger partial charge in [0.2, 0.25) is 5.91 Å². The third-order valence-corrected chi connectivity index (χ3v) is 11.4. The van der Waals surface area contributed by atoms with Gasteiger partial charge in [0.1, 0.15) is 6.10 Å². The molecule has 3 atom stereocenters. The van der Waals surface area contributed by atoms with E-state index in [2.05, 4.69) is 80.8 Å². The molecule has 0 fully saturated rings. The van der Waals surface area contributed by atoms with E-state index in [0.29, 0.717) is 19.3 Å². The number of aliphatic hydroxyl groups is 2. The Hall–Kier alpha value is -2.70. The Morgan fingerprint density at radius 1 is 0.508 bits per heavy atom. The molecule has 0 bridgehead atoms. The van der Waals surface area contributed by atoms with Gasteiger partial charge in [0.05, 0.1) is 25.2 Å². The lowest BCUT2D eigenvalue weighted by molar-refractivity contribution is -0.151. The maximum atomic E-state index is 13.2. The number of ether oxygens (including phenoxy) is 1. The lowest BCUT2D eigenvalue weighted by Gasteiger charge is -2.24. The van der Waals surface area contributed by atoms with Crippen LogP contribution in [0.2, 0.25) is 0 Å². The third-order valence-electron chi connectivity index (χ3n) is 11.4. The summed E-state index contributed by atoms with van der Waals surface area (Å²) in [5.74, 6) is -0.516. The molecule has 0 aromatic carbocycles. The van der Waals surface area contributed by atoms with Crippen molar-refractivity contribution in [2.75, 3.05) is 6.61 Å². The fourth-order valence-corrected chi connectivity index (χ4v) is 7.54. The van der Waals surface area contributed by atoms with Gasteiger partial charge in [-0.25, -0.2) is 0 Å². The second kappa shape index (κ2) is 48.3. The smallest absolute Gasteiger partial charge is 0.306 e. The predicted octanol–water partition coefficient (Wildman–Crippen LogP) is 15.4. The fraction of sp³-hybridized carbons (Fsp3) is 0.745. The number of aliphatic hydroxyl groups excluding tert-OH is 2. The van der Waals surface area contributed by atoms with E-state index in [4.69, 9.17) is 4.74 Å². The molecule has 0 aliphatic heterocycles. The van der Waals surface area contributed by atoms with Crippen LogP contribution in [-0.2, 0) is 14.3 Å². The van der Waals surface area contributed by atoms with Crippen LogP contribution in [0, 0.1) is 0 Å². The first-order valence-electron chi connectivity index (χ1n) is 25.7. The second-order valence-electron chi connectivity index (χ2n) is 17.3. The fourth-order valence-electron chi connectivity index (χ4n) is 7.54. The Bertz CT molecular complexity index is 1140. The van der Waals surface area contributed by atoms with Gasteiger partial charge in [0, 0.05) is 6.42 Å². The van der Waals surface area contributed by atoms with Gasteiger partial charge in [-0.05, 0) is 70.6 Å². The number of carbonyl (C=O) groups is 2. The lowest BCUT2D eigenvalue weighted by Crippen LogP contribution is -2.46. The first-order chi connectivity index (χ1) is 30.0. The first-order valence-corrected chi connectivity index (χ1v) is 25.7. The summed E-state index contributed by atoms with van der Waals surface area (Å²) in [6, 6.07) is -0.714. The van der Waals surface area contributed by atoms with Crippen LogP contribution >= 0.6 is 0 Å². The van der Waals surface area contributed by atoms with Crippen molar-refractivity contribution in [1.29, 1.82) is 0 Å². The van der Waals surface area contributed by atoms with E-state index in [-0.39, 0.29) is 24.9 Å². The van der Waals surface area contributed by atoms with Crippen LogP contribution in [0.3, 0.4) is 0 Å². The number of unbranched alkanes of at least 4 members (excludes halogenated alkanes) is 24. The molecule has 3 N–H and O–H groups in total. The number of rotatable bonds is 45. The number of carbonyl (C=O) groups excluding carboxylic acids is 2. The number of hydrogen-bond acceptors (Lipinski definition) is 5. The van der Waals surface area contributed by atoms with E-state index >= 15 is 0 Å². The van der Waals surface area contributed by atoms with E-state index in [9.17, 15) is 19.8 Å². The van der Waals surface area contributed by atoms with Crippen LogP contribution in [0.4, 0.5) is 0 Å². The van der Waals surface area contributed by atoms with Gasteiger partial charge in [-0.2, -0.15) is 0 Å². The van der Waals surface area contributed by atoms with Gasteiger partial charge in [-0.15, -0.1) is 0 Å². The van der Waals surface area contributed by atoms with E-state index in [1.807, 2.05) is 18.2 Å². The molecule has 1 amide bonds. The standard InChI is InChI=1S/C55H97NO5/c1-4-7-10-13-16-19-22-25-27-29-32-35-38-41-44-47-53(58)52(50-57)56-54(59)49-51(46-43-40-37-34-31-24-21-18-15-12-9-6-3)61-55(60)48-45-42-39-36-33-30-28-26-23-20-17-14-11-8-5-2/h8-9,11-12,14,17-18,20-21,23,26,28,51-53,57-58H,4-7,10,13,15-16,19,22,24-25,27,29-50H2,1-3H3,(H,56,59)/b11-8+,12-9+,17-14+,21-18+,23-20+,28-26-. The van der Waals surface area contributed by atoms with Gasteiger partial charge in [-0.1, -0.05) is 229 Å². The summed E-state index contributed by atoms with van der Waals surface area (Å²) in [5.41, 5.74) is 0. The van der Waals surface area contributed by atoms with E-state index < -0.39 is 18.2 Å². The molecule has 0 radical (unpaired) electrons. The molecule has 0 aliphatic carbocycles. The molecular formula is C55H97NO5. The third kappa shape index (κ3) is 43.7. The second-order valence-corrected chi connectivity index (χ2v) is 17.3. The number of amides is 1. The van der Waals surface area contributed by atoms with Crippen molar-refractivity contribution >= 4 is 11.9 Å². The zero-order chi connectivity index (χ0) is 44.5. The summed E-state index contributed by atoms with van der Waals surface area (Å²) >= 11 is 0. The van der Waals surface area contributed by atoms with Gasteiger partial charge in [-0.3, -0.25) is 9.59 Å². The highest BCUT2D eigenvalue weighted by Crippen LogP contribution is 2.18. The molecule has 0 rings (SSSR count). The number of nitrogens with one attached hydrogen (secondary N) is 1. The minimum atomic E-state index is -0.798. The molecule has 3 unspecified atom stereocenters. The van der Waals surface area contributed by atoms with Crippen LogP contribution in [0.25, 0.3) is 0 Å². The van der Waals surface area contributed by atoms with Crippen LogP contribution in [-0.4, -0.2) is 46.9 Å². The lowest BCUT2D eigenvalue weighted by atomic mass is 10.0. The summed E-state index contributed by atoms with van der Waals surface area (Å²) in [4.78, 5) is 26.1. The SMILES string of the molecule is CC/C=C/C=C/C=C/C=C\CCCCCCCC(=O)OC(CCCCCCC/C=C/C/C=C/CC)CC(=O)NC(CO)C(O)CCCCCCCCCCCCCCCCC. The maximum absolute atomic E-state index is 13.2. The average Bonchev–Trinajstić information content (AvgIpc) is 3.25. The summed E-state index contributed by atoms with van der Waals surface area (Å²) in [6.07, 6.45) is 61.0. The number of hydrogen-bond donors (Lipinski definition) is 3. The molecule has 6 nitrogen and oxygen atoms in total. The highest BCUT2D eigenvalue weighted by Gasteiger charge is 2.24. The van der Waals surface area contributed by atoms with Crippen molar-refractivity contribution in [1.82, 2.24) is 5.32 Å². The van der Waals surface area contributed by atoms with Crippen LogP contribution in [0.5, 0.6) is 0 Å². The normalized spacial score (nSPS) is 13.9. The quantitative estimate of drug-likeness (QED) is 0.0245. The minimum absolute atomic E-state index is 0.0556. The van der Waals surface area contributed by atoms with Crippen molar-refractivity contribution < 1.29 is 24.5 Å². The van der Waals surface area contributed by atoms with Gasteiger partial charge in [0.25, 0.3) is 0 Å². The summed E-state index contributed by atoms with van der Waals surface area (Å²) < 4.78 is 5.91.